The summed E-state index contributed by atoms with van der Waals surface area (Å²) in [5.41, 5.74) is 3.21. The number of halogens is 1. The number of aromatic nitrogens is 2. The third-order valence-corrected chi connectivity index (χ3v) is 8.03. The molecule has 1 aromatic heterocycles. The fraction of sp³-hybridized carbons (Fsp3) is 0.360. The summed E-state index contributed by atoms with van der Waals surface area (Å²) in [7, 11) is -3.76. The van der Waals surface area contributed by atoms with E-state index in [2.05, 4.69) is 25.9 Å². The number of benzene rings is 2. The van der Waals surface area contributed by atoms with E-state index in [0.717, 1.165) is 16.9 Å². The van der Waals surface area contributed by atoms with Crippen LogP contribution in [-0.2, 0) is 33.1 Å². The molecule has 180 valence electrons. The molecule has 0 bridgehead atoms. The minimum absolute atomic E-state index is 0.0421. The van der Waals surface area contributed by atoms with Gasteiger partial charge < -0.3 is 4.74 Å². The molecule has 2 heterocycles. The van der Waals surface area contributed by atoms with Crippen LogP contribution in [0.25, 0.3) is 5.69 Å². The predicted octanol–water partition coefficient (Wildman–Crippen LogP) is 4.75. The summed E-state index contributed by atoms with van der Waals surface area (Å²) in [5, 5.41) is 5.10. The van der Waals surface area contributed by atoms with E-state index in [1.54, 1.807) is 35.9 Å². The van der Waals surface area contributed by atoms with Gasteiger partial charge in [0.15, 0.2) is 5.69 Å². The van der Waals surface area contributed by atoms with Crippen molar-refractivity contribution in [3.8, 4) is 5.69 Å². The largest absolute Gasteiger partial charge is 0.461 e. The average molecular weight is 502 g/mol. The second-order valence-corrected chi connectivity index (χ2v) is 11.6. The molecule has 1 aliphatic rings. The van der Waals surface area contributed by atoms with Crippen molar-refractivity contribution in [2.75, 3.05) is 13.2 Å². The van der Waals surface area contributed by atoms with E-state index >= 15 is 0 Å². The summed E-state index contributed by atoms with van der Waals surface area (Å²) in [4.78, 5) is 12.9. The molecule has 0 N–H and O–H groups in total. The highest BCUT2D eigenvalue weighted by Gasteiger charge is 2.35. The molecule has 0 spiro atoms. The van der Waals surface area contributed by atoms with Gasteiger partial charge in [-0.05, 0) is 54.3 Å². The number of hydrogen-bond donors (Lipinski definition) is 0. The standard InChI is InChI=1S/C25H28ClN3O4S/c1-5-33-24(30)23-21-16-28(34(31,32)20-12-6-17(7-13-20)25(2,3)4)15-14-22(21)29(27-23)19-10-8-18(26)9-11-19/h6-13H,5,14-16H2,1-4H3. The minimum atomic E-state index is -3.76. The molecule has 3 aromatic rings. The minimum Gasteiger partial charge on any atom is -0.461 e. The Morgan fingerprint density at radius 2 is 1.74 bits per heavy atom. The van der Waals surface area contributed by atoms with Gasteiger partial charge in [-0.25, -0.2) is 17.9 Å². The van der Waals surface area contributed by atoms with Crippen LogP contribution in [0.1, 0.15) is 55.0 Å². The van der Waals surface area contributed by atoms with E-state index in [-0.39, 0.29) is 35.7 Å². The number of hydrogen-bond acceptors (Lipinski definition) is 5. The number of esters is 1. The zero-order valence-electron chi connectivity index (χ0n) is 19.7. The van der Waals surface area contributed by atoms with Gasteiger partial charge in [0.1, 0.15) is 0 Å². The predicted molar refractivity (Wildman–Crippen MR) is 131 cm³/mol. The first-order chi connectivity index (χ1) is 16.0. The van der Waals surface area contributed by atoms with Crippen LogP contribution in [0.15, 0.2) is 53.4 Å². The van der Waals surface area contributed by atoms with Crippen molar-refractivity contribution >= 4 is 27.6 Å². The number of nitrogens with zero attached hydrogens (tertiary/aromatic N) is 3. The summed E-state index contributed by atoms with van der Waals surface area (Å²) >= 11 is 6.02. The van der Waals surface area contributed by atoms with Gasteiger partial charge in [0, 0.05) is 30.1 Å². The van der Waals surface area contributed by atoms with Crippen LogP contribution < -0.4 is 0 Å². The van der Waals surface area contributed by atoms with E-state index in [0.29, 0.717) is 17.0 Å². The third kappa shape index (κ3) is 4.62. The molecule has 2 aromatic carbocycles. The normalized spacial score (nSPS) is 14.6. The number of carbonyl (C=O) groups is 1. The summed E-state index contributed by atoms with van der Waals surface area (Å²) in [5.74, 6) is -0.569. The van der Waals surface area contributed by atoms with Crippen molar-refractivity contribution in [3.63, 3.8) is 0 Å². The quantitative estimate of drug-likeness (QED) is 0.471. The van der Waals surface area contributed by atoms with E-state index in [4.69, 9.17) is 16.3 Å². The second kappa shape index (κ2) is 9.17. The summed E-state index contributed by atoms with van der Waals surface area (Å²) < 4.78 is 35.2. The maximum Gasteiger partial charge on any atom is 0.359 e. The Labute approximate surface area is 205 Å². The lowest BCUT2D eigenvalue weighted by molar-refractivity contribution is 0.0517. The maximum absolute atomic E-state index is 13.4. The molecule has 9 heteroatoms. The highest BCUT2D eigenvalue weighted by atomic mass is 35.5. The number of carbonyl (C=O) groups excluding carboxylic acids is 1. The molecule has 0 amide bonds. The highest BCUT2D eigenvalue weighted by Crippen LogP contribution is 2.31. The molecule has 0 radical (unpaired) electrons. The van der Waals surface area contributed by atoms with Gasteiger partial charge in [0.2, 0.25) is 10.0 Å². The first kappa shape index (κ1) is 24.4. The smallest absolute Gasteiger partial charge is 0.359 e. The van der Waals surface area contributed by atoms with Gasteiger partial charge in [-0.3, -0.25) is 0 Å². The first-order valence-electron chi connectivity index (χ1n) is 11.2. The molecule has 34 heavy (non-hydrogen) atoms. The van der Waals surface area contributed by atoms with Crippen molar-refractivity contribution in [1.82, 2.24) is 14.1 Å². The van der Waals surface area contributed by atoms with E-state index in [1.165, 1.54) is 4.31 Å². The number of ether oxygens (including phenoxy) is 1. The van der Waals surface area contributed by atoms with Crippen molar-refractivity contribution in [3.05, 3.63) is 76.1 Å². The van der Waals surface area contributed by atoms with Crippen LogP contribution in [0.3, 0.4) is 0 Å². The van der Waals surface area contributed by atoms with Gasteiger partial charge in [-0.2, -0.15) is 9.40 Å². The van der Waals surface area contributed by atoms with E-state index in [9.17, 15) is 13.2 Å². The highest BCUT2D eigenvalue weighted by molar-refractivity contribution is 7.89. The lowest BCUT2D eigenvalue weighted by atomic mass is 9.87. The van der Waals surface area contributed by atoms with Gasteiger partial charge in [-0.1, -0.05) is 44.5 Å². The molecular formula is C25H28ClN3O4S. The summed E-state index contributed by atoms with van der Waals surface area (Å²) in [6.45, 7) is 8.48. The SMILES string of the molecule is CCOC(=O)c1nn(-c2ccc(Cl)cc2)c2c1CN(S(=O)(=O)c1ccc(C(C)(C)C)cc1)CC2. The van der Waals surface area contributed by atoms with Gasteiger partial charge >= 0.3 is 5.97 Å². The van der Waals surface area contributed by atoms with Crippen LogP contribution in [-0.4, -0.2) is 41.6 Å². The fourth-order valence-electron chi connectivity index (χ4n) is 4.03. The zero-order valence-corrected chi connectivity index (χ0v) is 21.3. The fourth-order valence-corrected chi connectivity index (χ4v) is 5.57. The van der Waals surface area contributed by atoms with Crippen LogP contribution in [0.2, 0.25) is 5.02 Å². The van der Waals surface area contributed by atoms with Crippen molar-refractivity contribution in [2.24, 2.45) is 0 Å². The third-order valence-electron chi connectivity index (χ3n) is 5.92. The van der Waals surface area contributed by atoms with Crippen molar-refractivity contribution < 1.29 is 17.9 Å². The van der Waals surface area contributed by atoms with E-state index < -0.39 is 16.0 Å². The molecule has 0 fully saturated rings. The van der Waals surface area contributed by atoms with Crippen LogP contribution in [0.5, 0.6) is 0 Å². The van der Waals surface area contributed by atoms with Crippen LogP contribution in [0.4, 0.5) is 0 Å². The molecule has 7 nitrogen and oxygen atoms in total. The monoisotopic (exact) mass is 501 g/mol. The van der Waals surface area contributed by atoms with Crippen LogP contribution in [0, 0.1) is 0 Å². The molecule has 1 aliphatic heterocycles. The number of rotatable bonds is 5. The molecule has 0 saturated carbocycles. The Morgan fingerprint density at radius 3 is 2.32 bits per heavy atom. The zero-order chi connectivity index (χ0) is 24.7. The van der Waals surface area contributed by atoms with Gasteiger partial charge in [0.25, 0.3) is 0 Å². The van der Waals surface area contributed by atoms with E-state index in [1.807, 2.05) is 24.3 Å². The van der Waals surface area contributed by atoms with Gasteiger partial charge in [0.05, 0.1) is 22.9 Å². The molecule has 4 rings (SSSR count). The lowest BCUT2D eigenvalue weighted by Gasteiger charge is -2.27. The molecule has 0 saturated heterocycles. The Bertz CT molecular complexity index is 1310. The Balaban J connectivity index is 1.71. The maximum atomic E-state index is 13.4. The van der Waals surface area contributed by atoms with Gasteiger partial charge in [-0.15, -0.1) is 0 Å². The summed E-state index contributed by atoms with van der Waals surface area (Å²) in [6.07, 6.45) is 0.406. The lowest BCUT2D eigenvalue weighted by Crippen LogP contribution is -2.36. The Hall–Kier alpha value is -2.68. The average Bonchev–Trinajstić information content (AvgIpc) is 3.18. The molecular weight excluding hydrogens is 474 g/mol. The number of fused-ring (bicyclic) bond motifs is 1. The molecule has 0 unspecified atom stereocenters. The number of sulfonamides is 1. The summed E-state index contributed by atoms with van der Waals surface area (Å²) in [6, 6.07) is 14.1. The van der Waals surface area contributed by atoms with Crippen LogP contribution >= 0.6 is 11.6 Å². The second-order valence-electron chi connectivity index (χ2n) is 9.25. The Kier molecular flexibility index (Phi) is 6.59. The molecule has 0 atom stereocenters. The Morgan fingerprint density at radius 1 is 1.09 bits per heavy atom. The van der Waals surface area contributed by atoms with Crippen molar-refractivity contribution in [2.45, 2.75) is 51.0 Å². The topological polar surface area (TPSA) is 81.5 Å². The van der Waals surface area contributed by atoms with Crippen molar-refractivity contribution in [1.29, 1.82) is 0 Å². The first-order valence-corrected chi connectivity index (χ1v) is 13.0. The molecule has 0 aliphatic carbocycles.